The van der Waals surface area contributed by atoms with E-state index < -0.39 is 0 Å². The van der Waals surface area contributed by atoms with Crippen LogP contribution in [0.15, 0.2) is 0 Å². The third kappa shape index (κ3) is 3.21. The molecule has 1 aliphatic carbocycles. The molecule has 0 aromatic heterocycles. The maximum Gasteiger partial charge on any atom is 0.224 e. The van der Waals surface area contributed by atoms with Crippen molar-refractivity contribution in [3.63, 3.8) is 0 Å². The van der Waals surface area contributed by atoms with E-state index in [2.05, 4.69) is 31.4 Å². The number of amides is 1. The van der Waals surface area contributed by atoms with E-state index in [9.17, 15) is 4.79 Å². The normalized spacial score (nSPS) is 42.4. The third-order valence-electron chi connectivity index (χ3n) is 4.38. The van der Waals surface area contributed by atoms with Crippen LogP contribution in [0.1, 0.15) is 40.0 Å². The zero-order chi connectivity index (χ0) is 12.4. The fourth-order valence-electron chi connectivity index (χ4n) is 3.53. The number of hydrogen-bond acceptors (Lipinski definition) is 2. The number of rotatable bonds is 2. The molecule has 1 saturated carbocycles. The van der Waals surface area contributed by atoms with Crippen molar-refractivity contribution < 1.29 is 4.79 Å². The summed E-state index contributed by atoms with van der Waals surface area (Å²) in [6.07, 6.45) is 3.63. The van der Waals surface area contributed by atoms with E-state index in [0.29, 0.717) is 12.0 Å². The summed E-state index contributed by atoms with van der Waals surface area (Å²) in [5.74, 6) is 2.44. The number of nitrogens with one attached hydrogen (secondary N) is 2. The molecule has 0 bridgehead atoms. The van der Waals surface area contributed by atoms with E-state index in [4.69, 9.17) is 0 Å². The van der Waals surface area contributed by atoms with Crippen molar-refractivity contribution >= 4 is 5.91 Å². The Bertz CT molecular complexity index is 269. The Morgan fingerprint density at radius 3 is 2.24 bits per heavy atom. The van der Waals surface area contributed by atoms with Gasteiger partial charge in [0, 0.05) is 12.6 Å². The van der Waals surface area contributed by atoms with Gasteiger partial charge in [0.25, 0.3) is 0 Å². The molecule has 0 spiro atoms. The van der Waals surface area contributed by atoms with Gasteiger partial charge in [-0.25, -0.2) is 0 Å². The predicted octanol–water partition coefficient (Wildman–Crippen LogP) is 1.78. The van der Waals surface area contributed by atoms with Crippen LogP contribution in [0, 0.1) is 23.7 Å². The smallest absolute Gasteiger partial charge is 0.224 e. The summed E-state index contributed by atoms with van der Waals surface area (Å²) in [7, 11) is 0. The van der Waals surface area contributed by atoms with Gasteiger partial charge in [-0.15, -0.1) is 0 Å². The highest BCUT2D eigenvalue weighted by Gasteiger charge is 2.32. The van der Waals surface area contributed by atoms with Gasteiger partial charge in [0.15, 0.2) is 0 Å². The molecule has 2 aliphatic rings. The van der Waals surface area contributed by atoms with Crippen LogP contribution in [0.25, 0.3) is 0 Å². The van der Waals surface area contributed by atoms with E-state index in [0.717, 1.165) is 37.8 Å². The van der Waals surface area contributed by atoms with Crippen LogP contribution in [-0.4, -0.2) is 25.0 Å². The van der Waals surface area contributed by atoms with Crippen LogP contribution in [0.3, 0.4) is 0 Å². The molecule has 2 fully saturated rings. The Hall–Kier alpha value is -0.570. The minimum atomic E-state index is 0.183. The Morgan fingerprint density at radius 2 is 1.71 bits per heavy atom. The van der Waals surface area contributed by atoms with Crippen LogP contribution in [0.5, 0.6) is 0 Å². The van der Waals surface area contributed by atoms with Gasteiger partial charge in [0.2, 0.25) is 5.91 Å². The first-order valence-corrected chi connectivity index (χ1v) is 7.07. The topological polar surface area (TPSA) is 41.1 Å². The average molecular weight is 238 g/mol. The first-order valence-electron chi connectivity index (χ1n) is 7.07. The van der Waals surface area contributed by atoms with Crippen LogP contribution in [-0.2, 0) is 4.79 Å². The van der Waals surface area contributed by atoms with Gasteiger partial charge in [0.05, 0.1) is 5.92 Å². The summed E-state index contributed by atoms with van der Waals surface area (Å²) >= 11 is 0. The van der Waals surface area contributed by atoms with Crippen molar-refractivity contribution in [1.29, 1.82) is 0 Å². The lowest BCUT2D eigenvalue weighted by Gasteiger charge is -2.32. The molecule has 1 saturated heterocycles. The molecule has 0 radical (unpaired) electrons. The van der Waals surface area contributed by atoms with Crippen LogP contribution in [0.4, 0.5) is 0 Å². The minimum Gasteiger partial charge on any atom is -0.353 e. The Labute approximate surface area is 105 Å². The lowest BCUT2D eigenvalue weighted by molar-refractivity contribution is -0.126. The molecule has 3 nitrogen and oxygen atoms in total. The molecule has 2 rings (SSSR count). The summed E-state index contributed by atoms with van der Waals surface area (Å²) < 4.78 is 0. The molecule has 4 atom stereocenters. The van der Waals surface area contributed by atoms with Gasteiger partial charge in [0.1, 0.15) is 0 Å². The second-order valence-electron chi connectivity index (χ2n) is 6.36. The SMILES string of the molecule is CC1CC(C)CC(NC(=O)[C@@H]2CNC[C@H]2C)C1. The molecule has 2 unspecified atom stereocenters. The van der Waals surface area contributed by atoms with Gasteiger partial charge < -0.3 is 10.6 Å². The molecular formula is C14H26N2O. The van der Waals surface area contributed by atoms with E-state index in [1.807, 2.05) is 0 Å². The minimum absolute atomic E-state index is 0.183. The van der Waals surface area contributed by atoms with Crippen molar-refractivity contribution in [2.24, 2.45) is 23.7 Å². The summed E-state index contributed by atoms with van der Waals surface area (Å²) in [5, 5.41) is 6.57. The van der Waals surface area contributed by atoms with Crippen molar-refractivity contribution in [2.75, 3.05) is 13.1 Å². The quantitative estimate of drug-likeness (QED) is 0.770. The van der Waals surface area contributed by atoms with E-state index in [1.54, 1.807) is 0 Å². The highest BCUT2D eigenvalue weighted by molar-refractivity contribution is 5.79. The Morgan fingerprint density at radius 1 is 1.06 bits per heavy atom. The molecule has 1 amide bonds. The maximum atomic E-state index is 12.2. The number of carbonyl (C=O) groups excluding carboxylic acids is 1. The van der Waals surface area contributed by atoms with Crippen LogP contribution < -0.4 is 10.6 Å². The monoisotopic (exact) mass is 238 g/mol. The van der Waals surface area contributed by atoms with Gasteiger partial charge in [-0.1, -0.05) is 20.8 Å². The molecule has 3 heteroatoms. The standard InChI is InChI=1S/C14H26N2O/c1-9-4-10(2)6-12(5-9)16-14(17)13-8-15-7-11(13)3/h9-13,15H,4-8H2,1-3H3,(H,16,17)/t9?,10?,11-,12?,13-/m1/s1. The van der Waals surface area contributed by atoms with Crippen molar-refractivity contribution in [2.45, 2.75) is 46.1 Å². The molecule has 1 aliphatic heterocycles. The predicted molar refractivity (Wildman–Crippen MR) is 69.6 cm³/mol. The average Bonchev–Trinajstić information content (AvgIpc) is 2.62. The molecule has 0 aromatic carbocycles. The lowest BCUT2D eigenvalue weighted by atomic mass is 9.80. The summed E-state index contributed by atoms with van der Waals surface area (Å²) in [6, 6.07) is 0.411. The lowest BCUT2D eigenvalue weighted by Crippen LogP contribution is -2.44. The van der Waals surface area contributed by atoms with Gasteiger partial charge in [-0.3, -0.25) is 4.79 Å². The second-order valence-corrected chi connectivity index (χ2v) is 6.36. The third-order valence-corrected chi connectivity index (χ3v) is 4.38. The number of carbonyl (C=O) groups is 1. The van der Waals surface area contributed by atoms with Crippen LogP contribution in [0.2, 0.25) is 0 Å². The van der Waals surface area contributed by atoms with Crippen LogP contribution >= 0.6 is 0 Å². The maximum absolute atomic E-state index is 12.2. The fourth-order valence-corrected chi connectivity index (χ4v) is 3.53. The Balaban J connectivity index is 1.85. The van der Waals surface area contributed by atoms with Crippen molar-refractivity contribution in [3.8, 4) is 0 Å². The first kappa shape index (κ1) is 12.9. The largest absolute Gasteiger partial charge is 0.353 e. The zero-order valence-corrected chi connectivity index (χ0v) is 11.3. The molecule has 17 heavy (non-hydrogen) atoms. The molecule has 0 aromatic rings. The summed E-state index contributed by atoms with van der Waals surface area (Å²) in [6.45, 7) is 8.60. The molecule has 98 valence electrons. The number of hydrogen-bond donors (Lipinski definition) is 2. The Kier molecular flexibility index (Phi) is 4.08. The van der Waals surface area contributed by atoms with Gasteiger partial charge in [-0.2, -0.15) is 0 Å². The van der Waals surface area contributed by atoms with Gasteiger partial charge >= 0.3 is 0 Å². The van der Waals surface area contributed by atoms with Crippen molar-refractivity contribution in [1.82, 2.24) is 10.6 Å². The molecular weight excluding hydrogens is 212 g/mol. The molecule has 1 heterocycles. The van der Waals surface area contributed by atoms with E-state index in [1.165, 1.54) is 6.42 Å². The van der Waals surface area contributed by atoms with E-state index >= 15 is 0 Å². The van der Waals surface area contributed by atoms with Gasteiger partial charge in [-0.05, 0) is 43.6 Å². The van der Waals surface area contributed by atoms with Crippen molar-refractivity contribution in [3.05, 3.63) is 0 Å². The molecule has 2 N–H and O–H groups in total. The van der Waals surface area contributed by atoms with E-state index in [-0.39, 0.29) is 11.8 Å². The first-order chi connectivity index (χ1) is 8.06. The highest BCUT2D eigenvalue weighted by atomic mass is 16.2. The summed E-state index contributed by atoms with van der Waals surface area (Å²) in [5.41, 5.74) is 0. The summed E-state index contributed by atoms with van der Waals surface area (Å²) in [4.78, 5) is 12.2. The zero-order valence-electron chi connectivity index (χ0n) is 11.3. The second kappa shape index (κ2) is 5.38. The fraction of sp³-hybridized carbons (Fsp3) is 0.929. The highest BCUT2D eigenvalue weighted by Crippen LogP contribution is 2.29.